The van der Waals surface area contributed by atoms with Crippen molar-refractivity contribution in [2.45, 2.75) is 50.9 Å². The van der Waals surface area contributed by atoms with E-state index in [2.05, 4.69) is 5.16 Å². The molecule has 0 bridgehead atoms. The standard InChI is InChI=1S/C26H23Cl2F3N4O3S/c1-14-2-3-19(26(29,30)31)25(37)35(14)12-23(36)34-6-4-15(5-7-34)24-32-21(13-39-24)20-11-22(38-33-20)16-8-17(27)10-18(28)9-16/h2-3,8-10,13,15,22H,4-7,11-12H2,1H3. The minimum Gasteiger partial charge on any atom is -0.387 e. The molecule has 2 aliphatic rings. The van der Waals surface area contributed by atoms with Gasteiger partial charge in [0.25, 0.3) is 5.56 Å². The third-order valence-electron chi connectivity index (χ3n) is 6.93. The Hall–Kier alpha value is -2.89. The summed E-state index contributed by atoms with van der Waals surface area (Å²) in [6.07, 6.45) is -3.24. The second-order valence-electron chi connectivity index (χ2n) is 9.54. The first-order valence-electron chi connectivity index (χ1n) is 12.2. The molecule has 39 heavy (non-hydrogen) atoms. The summed E-state index contributed by atoms with van der Waals surface area (Å²) < 4.78 is 40.3. The van der Waals surface area contributed by atoms with Crippen LogP contribution in [0.25, 0.3) is 0 Å². The van der Waals surface area contributed by atoms with Crippen LogP contribution in [0, 0.1) is 6.92 Å². The van der Waals surface area contributed by atoms with Crippen LogP contribution in [0.3, 0.4) is 0 Å². The fraction of sp³-hybridized carbons (Fsp3) is 0.385. The average Bonchev–Trinajstić information content (AvgIpc) is 3.55. The van der Waals surface area contributed by atoms with Gasteiger partial charge in [0, 0.05) is 46.5 Å². The highest BCUT2D eigenvalue weighted by Gasteiger charge is 2.35. The smallest absolute Gasteiger partial charge is 0.387 e. The number of aromatic nitrogens is 2. The molecule has 0 spiro atoms. The van der Waals surface area contributed by atoms with Crippen LogP contribution in [0.4, 0.5) is 13.2 Å². The number of oxime groups is 1. The largest absolute Gasteiger partial charge is 0.421 e. The van der Waals surface area contributed by atoms with E-state index in [1.165, 1.54) is 24.3 Å². The molecule has 0 saturated carbocycles. The Morgan fingerprint density at radius 1 is 1.15 bits per heavy atom. The highest BCUT2D eigenvalue weighted by Crippen LogP contribution is 2.35. The number of hydrogen-bond donors (Lipinski definition) is 0. The van der Waals surface area contributed by atoms with Crippen LogP contribution in [0.1, 0.15) is 58.8 Å². The van der Waals surface area contributed by atoms with Gasteiger partial charge in [-0.1, -0.05) is 28.4 Å². The summed E-state index contributed by atoms with van der Waals surface area (Å²) in [5.41, 5.74) is 0.115. The number of aryl methyl sites for hydroxylation is 1. The minimum atomic E-state index is -4.78. The van der Waals surface area contributed by atoms with Crippen molar-refractivity contribution < 1.29 is 22.8 Å². The minimum absolute atomic E-state index is 0.135. The molecule has 0 N–H and O–H groups in total. The lowest BCUT2D eigenvalue weighted by Gasteiger charge is -2.31. The lowest BCUT2D eigenvalue weighted by molar-refractivity contribution is -0.139. The molecule has 1 saturated heterocycles. The molecule has 206 valence electrons. The number of rotatable bonds is 5. The third kappa shape index (κ3) is 6.00. The zero-order valence-corrected chi connectivity index (χ0v) is 23.0. The zero-order valence-electron chi connectivity index (χ0n) is 20.7. The number of piperidine rings is 1. The fourth-order valence-electron chi connectivity index (χ4n) is 4.77. The molecule has 0 aliphatic carbocycles. The van der Waals surface area contributed by atoms with Gasteiger partial charge in [0.2, 0.25) is 5.91 Å². The fourth-order valence-corrected chi connectivity index (χ4v) is 6.31. The van der Waals surface area contributed by atoms with Gasteiger partial charge in [-0.3, -0.25) is 9.59 Å². The van der Waals surface area contributed by atoms with Crippen LogP contribution in [0.2, 0.25) is 10.0 Å². The zero-order chi connectivity index (χ0) is 27.9. The number of pyridine rings is 1. The van der Waals surface area contributed by atoms with E-state index in [9.17, 15) is 22.8 Å². The monoisotopic (exact) mass is 598 g/mol. The number of halogens is 5. The molecular weight excluding hydrogens is 576 g/mol. The molecule has 7 nitrogen and oxygen atoms in total. The van der Waals surface area contributed by atoms with Crippen LogP contribution in [-0.2, 0) is 22.4 Å². The molecular formula is C26H23Cl2F3N4O3S. The molecule has 3 aromatic rings. The maximum Gasteiger partial charge on any atom is 0.421 e. The third-order valence-corrected chi connectivity index (χ3v) is 8.38. The maximum absolute atomic E-state index is 13.1. The van der Waals surface area contributed by atoms with Crippen LogP contribution < -0.4 is 5.56 Å². The molecule has 1 amide bonds. The van der Waals surface area contributed by atoms with E-state index in [0.717, 1.165) is 32.6 Å². The van der Waals surface area contributed by atoms with E-state index in [-0.39, 0.29) is 17.9 Å². The second kappa shape index (κ2) is 10.9. The Balaban J connectivity index is 1.19. The van der Waals surface area contributed by atoms with Crippen molar-refractivity contribution in [1.29, 1.82) is 0 Å². The Morgan fingerprint density at radius 2 is 1.85 bits per heavy atom. The molecule has 2 aromatic heterocycles. The van der Waals surface area contributed by atoms with Gasteiger partial charge < -0.3 is 14.3 Å². The van der Waals surface area contributed by atoms with Crippen molar-refractivity contribution in [1.82, 2.24) is 14.5 Å². The first-order valence-corrected chi connectivity index (χ1v) is 13.8. The number of benzene rings is 1. The number of likely N-dealkylation sites (tertiary alicyclic amines) is 1. The quantitative estimate of drug-likeness (QED) is 0.350. The highest BCUT2D eigenvalue weighted by atomic mass is 35.5. The van der Waals surface area contributed by atoms with Crippen molar-refractivity contribution in [2.24, 2.45) is 5.16 Å². The summed E-state index contributed by atoms with van der Waals surface area (Å²) >= 11 is 13.7. The van der Waals surface area contributed by atoms with E-state index in [0.29, 0.717) is 48.1 Å². The van der Waals surface area contributed by atoms with Gasteiger partial charge in [0.15, 0.2) is 6.10 Å². The van der Waals surface area contributed by atoms with Crippen LogP contribution in [-0.4, -0.2) is 39.2 Å². The molecule has 0 radical (unpaired) electrons. The molecule has 1 unspecified atom stereocenters. The van der Waals surface area contributed by atoms with Crippen molar-refractivity contribution in [3.8, 4) is 0 Å². The van der Waals surface area contributed by atoms with Gasteiger partial charge in [0.05, 0.1) is 10.7 Å². The molecule has 1 atom stereocenters. The lowest BCUT2D eigenvalue weighted by Crippen LogP contribution is -2.42. The molecule has 4 heterocycles. The van der Waals surface area contributed by atoms with Crippen molar-refractivity contribution in [3.63, 3.8) is 0 Å². The summed E-state index contributed by atoms with van der Waals surface area (Å²) in [5.74, 6) is -0.251. The average molecular weight is 599 g/mol. The van der Waals surface area contributed by atoms with Crippen LogP contribution in [0.5, 0.6) is 0 Å². The molecule has 1 fully saturated rings. The van der Waals surface area contributed by atoms with Crippen molar-refractivity contribution in [2.75, 3.05) is 13.1 Å². The Bertz CT molecular complexity index is 1480. The first kappa shape index (κ1) is 27.7. The van der Waals surface area contributed by atoms with E-state index >= 15 is 0 Å². The summed E-state index contributed by atoms with van der Waals surface area (Å²) in [4.78, 5) is 37.2. The molecule has 5 rings (SSSR count). The normalized spacial score (nSPS) is 18.3. The molecule has 2 aliphatic heterocycles. The summed E-state index contributed by atoms with van der Waals surface area (Å²) in [5, 5.41) is 8.12. The van der Waals surface area contributed by atoms with Gasteiger partial charge >= 0.3 is 6.18 Å². The summed E-state index contributed by atoms with van der Waals surface area (Å²) in [6, 6.07) is 7.20. The Morgan fingerprint density at radius 3 is 2.51 bits per heavy atom. The number of carbonyl (C=O) groups is 1. The Kier molecular flexibility index (Phi) is 7.76. The van der Waals surface area contributed by atoms with E-state index in [1.54, 1.807) is 23.1 Å². The van der Waals surface area contributed by atoms with Crippen molar-refractivity contribution in [3.05, 3.63) is 83.6 Å². The number of hydrogen-bond acceptors (Lipinski definition) is 6. The predicted molar refractivity (Wildman–Crippen MR) is 143 cm³/mol. The van der Waals surface area contributed by atoms with Crippen LogP contribution in [0.15, 0.2) is 45.7 Å². The van der Waals surface area contributed by atoms with Crippen LogP contribution >= 0.6 is 34.5 Å². The maximum atomic E-state index is 13.1. The second-order valence-corrected chi connectivity index (χ2v) is 11.3. The Labute approximate surface area is 235 Å². The SMILES string of the molecule is Cc1ccc(C(F)(F)F)c(=O)n1CC(=O)N1CCC(c2nc(C3=NOC(c4cc(Cl)cc(Cl)c4)C3)cs2)CC1. The number of thiazole rings is 1. The van der Waals surface area contributed by atoms with Gasteiger partial charge in [-0.25, -0.2) is 4.98 Å². The lowest BCUT2D eigenvalue weighted by atomic mass is 9.97. The van der Waals surface area contributed by atoms with Gasteiger partial charge in [-0.05, 0) is 55.7 Å². The summed E-state index contributed by atoms with van der Waals surface area (Å²) in [7, 11) is 0. The van der Waals surface area contributed by atoms with Gasteiger partial charge in [0.1, 0.15) is 17.8 Å². The number of alkyl halides is 3. The van der Waals surface area contributed by atoms with Crippen molar-refractivity contribution >= 4 is 46.2 Å². The van der Waals surface area contributed by atoms with E-state index in [1.807, 2.05) is 5.38 Å². The number of amides is 1. The highest BCUT2D eigenvalue weighted by molar-refractivity contribution is 7.10. The van der Waals surface area contributed by atoms with E-state index < -0.39 is 23.8 Å². The van der Waals surface area contributed by atoms with Gasteiger partial charge in [-0.15, -0.1) is 11.3 Å². The molecule has 1 aromatic carbocycles. The first-order chi connectivity index (χ1) is 18.5. The van der Waals surface area contributed by atoms with E-state index in [4.69, 9.17) is 33.0 Å². The topological polar surface area (TPSA) is 76.8 Å². The molecule has 13 heteroatoms. The summed E-state index contributed by atoms with van der Waals surface area (Å²) in [6.45, 7) is 1.92. The van der Waals surface area contributed by atoms with Gasteiger partial charge in [-0.2, -0.15) is 13.2 Å². The number of carbonyl (C=O) groups excluding carboxylic acids is 1. The number of nitrogens with zero attached hydrogens (tertiary/aromatic N) is 4. The predicted octanol–water partition coefficient (Wildman–Crippen LogP) is 6.21.